The zero-order chi connectivity index (χ0) is 16.7. The van der Waals surface area contributed by atoms with Crippen LogP contribution in [-0.4, -0.2) is 50.1 Å². The number of rotatable bonds is 7. The zero-order valence-electron chi connectivity index (χ0n) is 14.5. The lowest BCUT2D eigenvalue weighted by Gasteiger charge is -2.19. The Morgan fingerprint density at radius 1 is 1.48 bits per heavy atom. The number of hydrogen-bond acceptors (Lipinski definition) is 5. The van der Waals surface area contributed by atoms with Crippen LogP contribution >= 0.6 is 0 Å². The summed E-state index contributed by atoms with van der Waals surface area (Å²) in [6.45, 7) is 8.90. The first-order valence-electron chi connectivity index (χ1n) is 8.20. The molecule has 130 valence electrons. The van der Waals surface area contributed by atoms with Gasteiger partial charge in [-0.15, -0.1) is 0 Å². The quantitative estimate of drug-likeness (QED) is 0.586. The van der Waals surface area contributed by atoms with E-state index < -0.39 is 0 Å². The summed E-state index contributed by atoms with van der Waals surface area (Å²) < 4.78 is 16.4. The minimum atomic E-state index is 0.155. The molecule has 0 spiro atoms. The average molecular weight is 324 g/mol. The van der Waals surface area contributed by atoms with Crippen LogP contribution in [0.2, 0.25) is 0 Å². The van der Waals surface area contributed by atoms with Gasteiger partial charge >= 0.3 is 0 Å². The Balaban J connectivity index is 1.71. The van der Waals surface area contributed by atoms with Gasteiger partial charge in [-0.1, -0.05) is 19.0 Å². The van der Waals surface area contributed by atoms with E-state index in [4.69, 9.17) is 14.0 Å². The summed E-state index contributed by atoms with van der Waals surface area (Å²) in [4.78, 5) is 4.22. The molecule has 1 aliphatic heterocycles. The van der Waals surface area contributed by atoms with E-state index in [1.807, 2.05) is 6.07 Å². The van der Waals surface area contributed by atoms with Crippen molar-refractivity contribution < 1.29 is 14.0 Å². The van der Waals surface area contributed by atoms with Crippen LogP contribution in [0, 0.1) is 0 Å². The minimum absolute atomic E-state index is 0.155. The third-order valence-electron chi connectivity index (χ3n) is 3.68. The lowest BCUT2D eigenvalue weighted by atomic mass is 10.1. The van der Waals surface area contributed by atoms with Gasteiger partial charge in [-0.3, -0.25) is 4.99 Å². The van der Waals surface area contributed by atoms with E-state index >= 15 is 0 Å². The molecule has 0 radical (unpaired) electrons. The van der Waals surface area contributed by atoms with Crippen molar-refractivity contribution in [1.82, 2.24) is 15.8 Å². The Hall–Kier alpha value is -1.60. The molecule has 0 saturated carbocycles. The first-order chi connectivity index (χ1) is 11.1. The molecule has 2 heterocycles. The first-order valence-corrected chi connectivity index (χ1v) is 8.20. The van der Waals surface area contributed by atoms with E-state index in [1.165, 1.54) is 0 Å². The molecule has 7 nitrogen and oxygen atoms in total. The molecule has 1 fully saturated rings. The Bertz CT molecular complexity index is 495. The van der Waals surface area contributed by atoms with Crippen molar-refractivity contribution in [3.8, 4) is 0 Å². The summed E-state index contributed by atoms with van der Waals surface area (Å²) in [5.41, 5.74) is 0.963. The second-order valence-corrected chi connectivity index (χ2v) is 6.16. The second kappa shape index (κ2) is 8.88. The van der Waals surface area contributed by atoms with Gasteiger partial charge in [0.15, 0.2) is 11.7 Å². The molecular weight excluding hydrogens is 296 g/mol. The van der Waals surface area contributed by atoms with Gasteiger partial charge in [0.05, 0.1) is 31.6 Å². The summed E-state index contributed by atoms with van der Waals surface area (Å²) in [7, 11) is 1.74. The number of aromatic nitrogens is 1. The summed E-state index contributed by atoms with van der Waals surface area (Å²) in [5, 5.41) is 10.6. The van der Waals surface area contributed by atoms with Gasteiger partial charge in [0.25, 0.3) is 0 Å². The van der Waals surface area contributed by atoms with E-state index in [0.29, 0.717) is 31.6 Å². The lowest BCUT2D eigenvalue weighted by molar-refractivity contribution is 0.0347. The molecule has 0 bridgehead atoms. The van der Waals surface area contributed by atoms with E-state index in [-0.39, 0.29) is 12.1 Å². The molecule has 7 heteroatoms. The monoisotopic (exact) mass is 324 g/mol. The van der Waals surface area contributed by atoms with Crippen molar-refractivity contribution in [2.45, 2.75) is 51.8 Å². The van der Waals surface area contributed by atoms with Crippen molar-refractivity contribution in [3.05, 3.63) is 17.5 Å². The van der Waals surface area contributed by atoms with E-state index in [9.17, 15) is 0 Å². The predicted octanol–water partition coefficient (Wildman–Crippen LogP) is 1.66. The molecule has 2 atom stereocenters. The Morgan fingerprint density at radius 3 is 2.91 bits per heavy atom. The molecular formula is C16H28N4O3. The van der Waals surface area contributed by atoms with Gasteiger partial charge in [-0.25, -0.2) is 0 Å². The first kappa shape index (κ1) is 17.7. The maximum atomic E-state index is 5.80. The second-order valence-electron chi connectivity index (χ2n) is 6.16. The number of hydrogen-bond donors (Lipinski definition) is 2. The molecule has 2 unspecified atom stereocenters. The van der Waals surface area contributed by atoms with Gasteiger partial charge < -0.3 is 24.6 Å². The van der Waals surface area contributed by atoms with Crippen LogP contribution < -0.4 is 10.6 Å². The molecule has 2 rings (SSSR count). The number of ether oxygens (including phenoxy) is 2. The smallest absolute Gasteiger partial charge is 0.191 e. The van der Waals surface area contributed by atoms with E-state index in [0.717, 1.165) is 24.5 Å². The normalized spacial score (nSPS) is 20.0. The summed E-state index contributed by atoms with van der Waals surface area (Å²) >= 11 is 0. The molecule has 1 aromatic heterocycles. The molecule has 0 aromatic carbocycles. The maximum Gasteiger partial charge on any atom is 0.191 e. The highest BCUT2D eigenvalue weighted by molar-refractivity contribution is 5.79. The van der Waals surface area contributed by atoms with Crippen molar-refractivity contribution >= 4 is 5.96 Å². The van der Waals surface area contributed by atoms with Gasteiger partial charge in [0.1, 0.15) is 0 Å². The third kappa shape index (κ3) is 5.84. The topological polar surface area (TPSA) is 80.9 Å². The third-order valence-corrected chi connectivity index (χ3v) is 3.68. The van der Waals surface area contributed by atoms with Crippen LogP contribution in [0.5, 0.6) is 0 Å². The molecule has 2 N–H and O–H groups in total. The fourth-order valence-corrected chi connectivity index (χ4v) is 2.25. The van der Waals surface area contributed by atoms with Crippen molar-refractivity contribution in [2.75, 3.05) is 26.9 Å². The van der Waals surface area contributed by atoms with Crippen LogP contribution in [0.1, 0.15) is 44.6 Å². The Kier molecular flexibility index (Phi) is 6.85. The van der Waals surface area contributed by atoms with Crippen LogP contribution in [0.4, 0.5) is 0 Å². The van der Waals surface area contributed by atoms with Crippen molar-refractivity contribution in [3.63, 3.8) is 0 Å². The van der Waals surface area contributed by atoms with Gasteiger partial charge in [0, 0.05) is 25.8 Å². The lowest BCUT2D eigenvalue weighted by Crippen LogP contribution is -2.44. The fourth-order valence-electron chi connectivity index (χ4n) is 2.25. The predicted molar refractivity (Wildman–Crippen MR) is 88.6 cm³/mol. The molecule has 1 aliphatic rings. The van der Waals surface area contributed by atoms with Gasteiger partial charge in [-0.05, 0) is 19.3 Å². The number of guanidine groups is 1. The molecule has 1 aromatic rings. The molecule has 0 amide bonds. The summed E-state index contributed by atoms with van der Waals surface area (Å²) in [6.07, 6.45) is 1.20. The molecule has 23 heavy (non-hydrogen) atoms. The highest BCUT2D eigenvalue weighted by Gasteiger charge is 2.17. The van der Waals surface area contributed by atoms with Gasteiger partial charge in [0.2, 0.25) is 0 Å². The van der Waals surface area contributed by atoms with E-state index in [1.54, 1.807) is 7.05 Å². The average Bonchev–Trinajstić information content (AvgIpc) is 3.20. The van der Waals surface area contributed by atoms with Gasteiger partial charge in [-0.2, -0.15) is 0 Å². The minimum Gasteiger partial charge on any atom is -0.379 e. The zero-order valence-corrected chi connectivity index (χ0v) is 14.5. The highest BCUT2D eigenvalue weighted by atomic mass is 16.5. The summed E-state index contributed by atoms with van der Waals surface area (Å²) in [5.74, 6) is 1.87. The maximum absolute atomic E-state index is 5.80. The van der Waals surface area contributed by atoms with Crippen LogP contribution in [0.25, 0.3) is 0 Å². The molecule has 0 aliphatic carbocycles. The SMILES string of the molecule is CN=C(NCc1cc(C(C)C)no1)NC(C)COC1CCOC1. The van der Waals surface area contributed by atoms with Crippen molar-refractivity contribution in [1.29, 1.82) is 0 Å². The van der Waals surface area contributed by atoms with Crippen LogP contribution in [0.3, 0.4) is 0 Å². The fraction of sp³-hybridized carbons (Fsp3) is 0.750. The number of nitrogens with one attached hydrogen (secondary N) is 2. The Labute approximate surface area is 137 Å². The van der Waals surface area contributed by atoms with Crippen LogP contribution in [0.15, 0.2) is 15.6 Å². The number of nitrogens with zero attached hydrogens (tertiary/aromatic N) is 2. The largest absolute Gasteiger partial charge is 0.379 e. The van der Waals surface area contributed by atoms with E-state index in [2.05, 4.69) is 41.6 Å². The molecule has 1 saturated heterocycles. The number of aliphatic imine (C=N–C) groups is 1. The highest BCUT2D eigenvalue weighted by Crippen LogP contribution is 2.13. The standard InChI is InChI=1S/C16H28N4O3/c1-11(2)15-7-14(23-20-15)8-18-16(17-4)19-12(3)9-22-13-5-6-21-10-13/h7,11-13H,5-6,8-10H2,1-4H3,(H2,17,18,19). The van der Waals surface area contributed by atoms with Crippen molar-refractivity contribution in [2.24, 2.45) is 4.99 Å². The summed E-state index contributed by atoms with van der Waals surface area (Å²) in [6, 6.07) is 2.13. The van der Waals surface area contributed by atoms with Crippen LogP contribution in [-0.2, 0) is 16.0 Å². The Morgan fingerprint density at radius 2 is 2.30 bits per heavy atom.